The van der Waals surface area contributed by atoms with Crippen molar-refractivity contribution < 1.29 is 9.59 Å². The van der Waals surface area contributed by atoms with E-state index in [0.717, 1.165) is 29.7 Å². The topological polar surface area (TPSA) is 76.0 Å². The van der Waals surface area contributed by atoms with E-state index in [-0.39, 0.29) is 18.4 Å². The molecule has 2 N–H and O–H groups in total. The van der Waals surface area contributed by atoms with Crippen molar-refractivity contribution in [2.45, 2.75) is 64.5 Å². The first-order chi connectivity index (χ1) is 12.7. The van der Waals surface area contributed by atoms with Crippen LogP contribution < -0.4 is 10.6 Å². The Morgan fingerprint density at radius 1 is 1.15 bits per heavy atom. The number of aromatic nitrogens is 2. The molecule has 1 aliphatic carbocycles. The van der Waals surface area contributed by atoms with Gasteiger partial charge < -0.3 is 15.2 Å². The zero-order valence-electron chi connectivity index (χ0n) is 15.5. The van der Waals surface area contributed by atoms with Gasteiger partial charge in [0.15, 0.2) is 0 Å². The SMILES string of the molecule is CCC(=O)NCCc1nc2ccccc2n1CC(=O)NC1CCCCC1. The molecule has 2 amide bonds. The second kappa shape index (κ2) is 8.83. The lowest BCUT2D eigenvalue weighted by Crippen LogP contribution is -2.38. The summed E-state index contributed by atoms with van der Waals surface area (Å²) in [5, 5.41) is 6.05. The zero-order chi connectivity index (χ0) is 18.4. The van der Waals surface area contributed by atoms with Gasteiger partial charge in [-0.1, -0.05) is 38.3 Å². The van der Waals surface area contributed by atoms with Crippen molar-refractivity contribution in [2.75, 3.05) is 6.54 Å². The van der Waals surface area contributed by atoms with E-state index in [1.165, 1.54) is 19.3 Å². The van der Waals surface area contributed by atoms with Crippen LogP contribution in [0.5, 0.6) is 0 Å². The molecule has 6 nitrogen and oxygen atoms in total. The summed E-state index contributed by atoms with van der Waals surface area (Å²) >= 11 is 0. The van der Waals surface area contributed by atoms with Gasteiger partial charge in [0.25, 0.3) is 0 Å². The largest absolute Gasteiger partial charge is 0.356 e. The Hall–Kier alpha value is -2.37. The average molecular weight is 356 g/mol. The van der Waals surface area contributed by atoms with E-state index in [9.17, 15) is 9.59 Å². The Morgan fingerprint density at radius 2 is 1.92 bits per heavy atom. The number of imidazole rings is 1. The number of nitrogens with one attached hydrogen (secondary N) is 2. The Morgan fingerprint density at radius 3 is 2.69 bits per heavy atom. The summed E-state index contributed by atoms with van der Waals surface area (Å²) in [5.41, 5.74) is 1.85. The lowest BCUT2D eigenvalue weighted by molar-refractivity contribution is -0.123. The van der Waals surface area contributed by atoms with Crippen LogP contribution in [0.2, 0.25) is 0 Å². The summed E-state index contributed by atoms with van der Waals surface area (Å²) in [6.45, 7) is 2.63. The lowest BCUT2D eigenvalue weighted by Gasteiger charge is -2.23. The summed E-state index contributed by atoms with van der Waals surface area (Å²) < 4.78 is 1.98. The van der Waals surface area contributed by atoms with Gasteiger partial charge in [-0.25, -0.2) is 4.98 Å². The van der Waals surface area contributed by atoms with Gasteiger partial charge in [0.1, 0.15) is 12.4 Å². The minimum atomic E-state index is 0.0303. The van der Waals surface area contributed by atoms with Crippen molar-refractivity contribution in [2.24, 2.45) is 0 Å². The fraction of sp³-hybridized carbons (Fsp3) is 0.550. The van der Waals surface area contributed by atoms with Crippen LogP contribution in [0.3, 0.4) is 0 Å². The number of nitrogens with zero attached hydrogens (tertiary/aromatic N) is 2. The van der Waals surface area contributed by atoms with Gasteiger partial charge in [-0.3, -0.25) is 9.59 Å². The Balaban J connectivity index is 1.71. The Kier molecular flexibility index (Phi) is 6.26. The molecule has 1 aliphatic rings. The van der Waals surface area contributed by atoms with Crippen molar-refractivity contribution in [3.8, 4) is 0 Å². The Bertz CT molecular complexity index is 762. The number of rotatable bonds is 7. The average Bonchev–Trinajstić information content (AvgIpc) is 3.00. The number of carbonyl (C=O) groups excluding carboxylic acids is 2. The maximum Gasteiger partial charge on any atom is 0.240 e. The first-order valence-electron chi connectivity index (χ1n) is 9.67. The molecule has 1 aromatic carbocycles. The highest BCUT2D eigenvalue weighted by Gasteiger charge is 2.18. The molecule has 2 aromatic rings. The normalized spacial score (nSPS) is 15.1. The predicted octanol–water partition coefficient (Wildman–Crippen LogP) is 2.55. The van der Waals surface area contributed by atoms with E-state index in [2.05, 4.69) is 15.6 Å². The maximum atomic E-state index is 12.6. The highest BCUT2D eigenvalue weighted by Crippen LogP contribution is 2.19. The van der Waals surface area contributed by atoms with Crippen LogP contribution in [0.25, 0.3) is 11.0 Å². The molecule has 1 aromatic heterocycles. The predicted molar refractivity (Wildman–Crippen MR) is 102 cm³/mol. The molecule has 26 heavy (non-hydrogen) atoms. The van der Waals surface area contributed by atoms with Crippen molar-refractivity contribution in [1.29, 1.82) is 0 Å². The number of fused-ring (bicyclic) bond motifs is 1. The molecule has 6 heteroatoms. The van der Waals surface area contributed by atoms with E-state index < -0.39 is 0 Å². The van der Waals surface area contributed by atoms with Gasteiger partial charge in [-0.15, -0.1) is 0 Å². The van der Waals surface area contributed by atoms with E-state index in [1.54, 1.807) is 0 Å². The van der Waals surface area contributed by atoms with Crippen LogP contribution in [-0.2, 0) is 22.6 Å². The smallest absolute Gasteiger partial charge is 0.240 e. The van der Waals surface area contributed by atoms with Gasteiger partial charge in [-0.2, -0.15) is 0 Å². The number of para-hydroxylation sites is 2. The zero-order valence-corrected chi connectivity index (χ0v) is 15.5. The van der Waals surface area contributed by atoms with Crippen molar-refractivity contribution >= 4 is 22.8 Å². The van der Waals surface area contributed by atoms with Gasteiger partial charge >= 0.3 is 0 Å². The van der Waals surface area contributed by atoms with Crippen LogP contribution in [0.1, 0.15) is 51.3 Å². The number of amides is 2. The monoisotopic (exact) mass is 356 g/mol. The second-order valence-electron chi connectivity index (χ2n) is 6.96. The van der Waals surface area contributed by atoms with E-state index in [1.807, 2.05) is 35.8 Å². The van der Waals surface area contributed by atoms with Gasteiger partial charge in [0.2, 0.25) is 11.8 Å². The van der Waals surface area contributed by atoms with E-state index >= 15 is 0 Å². The van der Waals surface area contributed by atoms with Crippen molar-refractivity contribution in [1.82, 2.24) is 20.2 Å². The minimum Gasteiger partial charge on any atom is -0.356 e. The van der Waals surface area contributed by atoms with Gasteiger partial charge in [0, 0.05) is 25.4 Å². The number of benzene rings is 1. The molecular formula is C20H28N4O2. The molecule has 1 fully saturated rings. The molecule has 140 valence electrons. The number of hydrogen-bond donors (Lipinski definition) is 2. The molecule has 0 radical (unpaired) electrons. The maximum absolute atomic E-state index is 12.6. The van der Waals surface area contributed by atoms with Gasteiger partial charge in [0.05, 0.1) is 11.0 Å². The number of carbonyl (C=O) groups is 2. The van der Waals surface area contributed by atoms with Crippen molar-refractivity contribution in [3.05, 3.63) is 30.1 Å². The fourth-order valence-electron chi connectivity index (χ4n) is 3.60. The molecule has 0 unspecified atom stereocenters. The van der Waals surface area contributed by atoms with Crippen LogP contribution in [0.15, 0.2) is 24.3 Å². The standard InChI is InChI=1S/C20H28N4O2/c1-2-19(25)21-13-12-18-23-16-10-6-7-11-17(16)24(18)14-20(26)22-15-8-4-3-5-9-15/h6-7,10-11,15H,2-5,8-9,12-14H2,1H3,(H,21,25)(H,22,26). The molecule has 1 heterocycles. The molecule has 0 spiro atoms. The van der Waals surface area contributed by atoms with Gasteiger partial charge in [-0.05, 0) is 25.0 Å². The molecular weight excluding hydrogens is 328 g/mol. The molecule has 0 saturated heterocycles. The minimum absolute atomic E-state index is 0.0303. The van der Waals surface area contributed by atoms with Crippen LogP contribution in [0.4, 0.5) is 0 Å². The summed E-state index contributed by atoms with van der Waals surface area (Å²) in [7, 11) is 0. The van der Waals surface area contributed by atoms with Crippen molar-refractivity contribution in [3.63, 3.8) is 0 Å². The molecule has 0 aliphatic heterocycles. The first-order valence-corrected chi connectivity index (χ1v) is 9.67. The second-order valence-corrected chi connectivity index (χ2v) is 6.96. The van der Waals surface area contributed by atoms with E-state index in [4.69, 9.17) is 0 Å². The summed E-state index contributed by atoms with van der Waals surface area (Å²) in [6.07, 6.45) is 6.89. The summed E-state index contributed by atoms with van der Waals surface area (Å²) in [4.78, 5) is 28.7. The quantitative estimate of drug-likeness (QED) is 0.800. The third-order valence-corrected chi connectivity index (χ3v) is 5.00. The third kappa shape index (κ3) is 4.62. The summed E-state index contributed by atoms with van der Waals surface area (Å²) in [6, 6.07) is 8.16. The molecule has 1 saturated carbocycles. The molecule has 0 bridgehead atoms. The highest BCUT2D eigenvalue weighted by molar-refractivity contribution is 5.81. The fourth-order valence-corrected chi connectivity index (χ4v) is 3.60. The lowest BCUT2D eigenvalue weighted by atomic mass is 9.95. The number of hydrogen-bond acceptors (Lipinski definition) is 3. The van der Waals surface area contributed by atoms with E-state index in [0.29, 0.717) is 25.4 Å². The first kappa shape index (κ1) is 18.4. The third-order valence-electron chi connectivity index (χ3n) is 5.00. The van der Waals surface area contributed by atoms with Crippen LogP contribution in [-0.4, -0.2) is 34.0 Å². The van der Waals surface area contributed by atoms with Crippen LogP contribution in [0, 0.1) is 0 Å². The molecule has 0 atom stereocenters. The van der Waals surface area contributed by atoms with Crippen LogP contribution >= 0.6 is 0 Å². The molecule has 3 rings (SSSR count). The Labute approximate surface area is 154 Å². The summed E-state index contributed by atoms with van der Waals surface area (Å²) in [5.74, 6) is 0.906. The highest BCUT2D eigenvalue weighted by atomic mass is 16.2.